The number of carbonyl (C=O) groups is 1. The summed E-state index contributed by atoms with van der Waals surface area (Å²) in [5.74, 6) is 0.941. The quantitative estimate of drug-likeness (QED) is 0.504. The number of halogens is 1. The summed E-state index contributed by atoms with van der Waals surface area (Å²) in [6, 6.07) is 9.45. The maximum Gasteiger partial charge on any atom is 0.405 e. The van der Waals surface area contributed by atoms with Crippen LogP contribution in [0, 0.1) is 12.8 Å². The van der Waals surface area contributed by atoms with E-state index in [9.17, 15) is 9.90 Å². The average molecular weight is 428 g/mol. The zero-order valence-corrected chi connectivity index (χ0v) is 18.3. The van der Waals surface area contributed by atoms with E-state index in [-0.39, 0.29) is 6.61 Å². The predicted octanol–water partition coefficient (Wildman–Crippen LogP) is 5.71. The lowest BCUT2D eigenvalue weighted by Gasteiger charge is -2.31. The van der Waals surface area contributed by atoms with Gasteiger partial charge in [0.2, 0.25) is 0 Å². The van der Waals surface area contributed by atoms with Crippen LogP contribution >= 0.6 is 11.6 Å². The lowest BCUT2D eigenvalue weighted by Crippen LogP contribution is -2.50. The number of nitrogens with one attached hydrogen (secondary N) is 1. The van der Waals surface area contributed by atoms with Gasteiger partial charge in [-0.2, -0.15) is 0 Å². The monoisotopic (exact) mass is 427 g/mol. The first-order chi connectivity index (χ1) is 14.2. The largest absolute Gasteiger partial charge is 0.489 e. The molecule has 0 radical (unpaired) electrons. The number of fused-ring (bicyclic) bond motifs is 1. The van der Waals surface area contributed by atoms with E-state index in [1.807, 2.05) is 44.2 Å². The van der Waals surface area contributed by atoms with E-state index in [4.69, 9.17) is 16.3 Å². The van der Waals surface area contributed by atoms with Crippen molar-refractivity contribution < 1.29 is 14.6 Å². The first kappa shape index (κ1) is 21.8. The highest BCUT2D eigenvalue weighted by Gasteiger charge is 2.29. The van der Waals surface area contributed by atoms with Gasteiger partial charge in [-0.1, -0.05) is 25.4 Å². The molecule has 1 amide bonds. The van der Waals surface area contributed by atoms with Gasteiger partial charge in [0.15, 0.2) is 0 Å². The Bertz CT molecular complexity index is 1070. The number of hydrogen-bond donors (Lipinski definition) is 2. The Kier molecular flexibility index (Phi) is 6.46. The molecule has 2 heterocycles. The molecule has 6 nitrogen and oxygen atoms in total. The summed E-state index contributed by atoms with van der Waals surface area (Å²) in [6.45, 7) is 8.11. The summed E-state index contributed by atoms with van der Waals surface area (Å²) in [7, 11) is 0. The Labute approximate surface area is 181 Å². The molecule has 0 aliphatic carbocycles. The fourth-order valence-electron chi connectivity index (χ4n) is 3.73. The number of ether oxygens (including phenoxy) is 1. The zero-order valence-electron chi connectivity index (χ0n) is 17.6. The number of hydrogen-bond acceptors (Lipinski definition) is 4. The van der Waals surface area contributed by atoms with Crippen LogP contribution in [0.5, 0.6) is 5.75 Å². The Morgan fingerprint density at radius 1 is 1.27 bits per heavy atom. The maximum atomic E-state index is 11.2. The lowest BCUT2D eigenvalue weighted by molar-refractivity contribution is 0.142. The molecule has 3 aromatic rings. The van der Waals surface area contributed by atoms with Crippen LogP contribution in [0.15, 0.2) is 42.7 Å². The maximum absolute atomic E-state index is 11.2. The topological polar surface area (TPSA) is 84.3 Å². The third-order valence-electron chi connectivity index (χ3n) is 4.86. The van der Waals surface area contributed by atoms with Crippen molar-refractivity contribution in [2.75, 3.05) is 6.61 Å². The van der Waals surface area contributed by atoms with Crippen LogP contribution in [0.25, 0.3) is 22.2 Å². The number of amides is 1. The van der Waals surface area contributed by atoms with Crippen LogP contribution in [-0.2, 0) is 0 Å². The van der Waals surface area contributed by atoms with E-state index in [0.717, 1.165) is 27.7 Å². The lowest BCUT2D eigenvalue weighted by atomic mass is 9.91. The normalized spacial score (nSPS) is 13.3. The molecule has 158 valence electrons. The number of carboxylic acid groups (broad SMARTS) is 1. The first-order valence-electron chi connectivity index (χ1n) is 9.82. The highest BCUT2D eigenvalue weighted by Crippen LogP contribution is 2.31. The van der Waals surface area contributed by atoms with Crippen LogP contribution < -0.4 is 10.1 Å². The molecule has 0 spiro atoms. The summed E-state index contributed by atoms with van der Waals surface area (Å²) in [5, 5.41) is 13.4. The SMILES string of the molecule is Cc1cc(-c2ccnc3ccc(Cl)cc23)ncc1OCC(C)(CC(C)C)NC(=O)O. The minimum absolute atomic E-state index is 0.215. The van der Waals surface area contributed by atoms with Gasteiger partial charge in [-0.05, 0) is 62.1 Å². The standard InChI is InChI=1S/C23H26ClN3O3/c1-14(2)11-23(4,27-22(28)29)13-30-21-12-26-20(9-15(21)3)17-7-8-25-19-6-5-16(24)10-18(17)19/h5-10,12,14,27H,11,13H2,1-4H3,(H,28,29). The molecule has 1 atom stereocenters. The first-order valence-corrected chi connectivity index (χ1v) is 10.2. The molecule has 0 saturated carbocycles. The Balaban J connectivity index is 1.86. The van der Waals surface area contributed by atoms with E-state index in [0.29, 0.717) is 23.1 Å². The van der Waals surface area contributed by atoms with Crippen LogP contribution in [0.3, 0.4) is 0 Å². The molecule has 0 saturated heterocycles. The third kappa shape index (κ3) is 5.19. The Morgan fingerprint density at radius 3 is 2.70 bits per heavy atom. The van der Waals surface area contributed by atoms with E-state index in [1.165, 1.54) is 0 Å². The Morgan fingerprint density at radius 2 is 2.03 bits per heavy atom. The smallest absolute Gasteiger partial charge is 0.405 e. The van der Waals surface area contributed by atoms with Crippen LogP contribution in [0.2, 0.25) is 5.02 Å². The fraction of sp³-hybridized carbons (Fsp3) is 0.348. The minimum Gasteiger partial charge on any atom is -0.489 e. The fourth-order valence-corrected chi connectivity index (χ4v) is 3.90. The van der Waals surface area contributed by atoms with Gasteiger partial charge in [0.25, 0.3) is 0 Å². The molecule has 0 fully saturated rings. The number of pyridine rings is 2. The molecule has 2 N–H and O–H groups in total. The zero-order chi connectivity index (χ0) is 21.9. The second-order valence-corrected chi connectivity index (χ2v) is 8.67. The van der Waals surface area contributed by atoms with Gasteiger partial charge in [-0.3, -0.25) is 9.97 Å². The molecular formula is C23H26ClN3O3. The second kappa shape index (κ2) is 8.88. The van der Waals surface area contributed by atoms with Crippen molar-refractivity contribution in [3.8, 4) is 17.0 Å². The second-order valence-electron chi connectivity index (χ2n) is 8.23. The van der Waals surface area contributed by atoms with Gasteiger partial charge in [0, 0.05) is 22.2 Å². The summed E-state index contributed by atoms with van der Waals surface area (Å²) in [6.07, 6.45) is 3.03. The molecule has 1 unspecified atom stereocenters. The van der Waals surface area contributed by atoms with Gasteiger partial charge in [0.1, 0.15) is 12.4 Å². The summed E-state index contributed by atoms with van der Waals surface area (Å²) < 4.78 is 5.98. The average Bonchev–Trinajstić information content (AvgIpc) is 2.65. The molecule has 2 aromatic heterocycles. The van der Waals surface area contributed by atoms with Gasteiger partial charge in [-0.25, -0.2) is 4.79 Å². The summed E-state index contributed by atoms with van der Waals surface area (Å²) in [5.41, 5.74) is 2.80. The molecule has 0 bridgehead atoms. The predicted molar refractivity (Wildman–Crippen MR) is 119 cm³/mol. The van der Waals surface area contributed by atoms with Crippen molar-refractivity contribution in [3.63, 3.8) is 0 Å². The van der Waals surface area contributed by atoms with E-state index < -0.39 is 11.6 Å². The van der Waals surface area contributed by atoms with Crippen molar-refractivity contribution in [3.05, 3.63) is 53.3 Å². The van der Waals surface area contributed by atoms with Crippen molar-refractivity contribution in [2.45, 2.75) is 39.7 Å². The van der Waals surface area contributed by atoms with Crippen LogP contribution in [-0.4, -0.2) is 33.3 Å². The molecule has 7 heteroatoms. The molecule has 0 aliphatic heterocycles. The van der Waals surface area contributed by atoms with Gasteiger partial charge in [0.05, 0.1) is 22.9 Å². The third-order valence-corrected chi connectivity index (χ3v) is 5.09. The minimum atomic E-state index is -1.06. The molecule has 3 rings (SSSR count). The van der Waals surface area contributed by atoms with Crippen molar-refractivity contribution in [1.29, 1.82) is 0 Å². The van der Waals surface area contributed by atoms with Crippen molar-refractivity contribution in [1.82, 2.24) is 15.3 Å². The Hall–Kier alpha value is -2.86. The molecule has 30 heavy (non-hydrogen) atoms. The van der Waals surface area contributed by atoms with E-state index >= 15 is 0 Å². The van der Waals surface area contributed by atoms with Crippen LogP contribution in [0.4, 0.5) is 4.79 Å². The summed E-state index contributed by atoms with van der Waals surface area (Å²) >= 11 is 6.17. The number of nitrogens with zero attached hydrogens (tertiary/aromatic N) is 2. The van der Waals surface area contributed by atoms with Crippen molar-refractivity contribution in [2.24, 2.45) is 5.92 Å². The van der Waals surface area contributed by atoms with Gasteiger partial charge < -0.3 is 15.2 Å². The van der Waals surface area contributed by atoms with Gasteiger partial charge >= 0.3 is 6.09 Å². The highest BCUT2D eigenvalue weighted by molar-refractivity contribution is 6.31. The van der Waals surface area contributed by atoms with Crippen molar-refractivity contribution >= 4 is 28.6 Å². The number of aromatic nitrogens is 2. The van der Waals surface area contributed by atoms with Crippen LogP contribution in [0.1, 0.15) is 32.8 Å². The number of rotatable bonds is 7. The van der Waals surface area contributed by atoms with E-state index in [1.54, 1.807) is 12.4 Å². The molecule has 1 aromatic carbocycles. The number of benzene rings is 1. The molecule has 0 aliphatic rings. The van der Waals surface area contributed by atoms with E-state index in [2.05, 4.69) is 29.1 Å². The molecular weight excluding hydrogens is 402 g/mol. The highest BCUT2D eigenvalue weighted by atomic mass is 35.5. The van der Waals surface area contributed by atoms with Gasteiger partial charge in [-0.15, -0.1) is 0 Å². The number of aryl methyl sites for hydroxylation is 1. The summed E-state index contributed by atoms with van der Waals surface area (Å²) in [4.78, 5) is 20.2.